The monoisotopic (exact) mass is 278 g/mol. The second kappa shape index (κ2) is 6.47. The Balaban J connectivity index is 2.06. The van der Waals surface area contributed by atoms with E-state index >= 15 is 0 Å². The first kappa shape index (κ1) is 14.5. The maximum Gasteiger partial charge on any atom is 0.335 e. The average molecular weight is 278 g/mol. The van der Waals surface area contributed by atoms with E-state index in [1.165, 1.54) is 18.3 Å². The average Bonchev–Trinajstić information content (AvgIpc) is 2.98. The van der Waals surface area contributed by atoms with Crippen LogP contribution in [0.15, 0.2) is 18.3 Å². The maximum atomic E-state index is 12.1. The highest BCUT2D eigenvalue weighted by Gasteiger charge is 2.26. The van der Waals surface area contributed by atoms with Crippen LogP contribution in [0.3, 0.4) is 0 Å². The van der Waals surface area contributed by atoms with Gasteiger partial charge in [-0.3, -0.25) is 9.78 Å². The summed E-state index contributed by atoms with van der Waals surface area (Å²) in [5, 5.41) is 11.8. The lowest BCUT2D eigenvalue weighted by Gasteiger charge is -2.22. The number of carbonyl (C=O) groups is 2. The van der Waals surface area contributed by atoms with Crippen molar-refractivity contribution < 1.29 is 19.4 Å². The van der Waals surface area contributed by atoms with Gasteiger partial charge in [-0.15, -0.1) is 0 Å². The molecule has 0 aromatic carbocycles. The molecule has 2 N–H and O–H groups in total. The van der Waals surface area contributed by atoms with E-state index in [4.69, 9.17) is 9.84 Å². The summed E-state index contributed by atoms with van der Waals surface area (Å²) in [4.78, 5) is 26.9. The first-order valence-corrected chi connectivity index (χ1v) is 6.73. The number of amides is 1. The van der Waals surface area contributed by atoms with Gasteiger partial charge in [0.05, 0.1) is 17.7 Å². The molecule has 0 spiro atoms. The first-order valence-electron chi connectivity index (χ1n) is 6.73. The van der Waals surface area contributed by atoms with Crippen molar-refractivity contribution in [1.29, 1.82) is 0 Å². The Hall–Kier alpha value is -1.95. The Kier molecular flexibility index (Phi) is 4.68. The lowest BCUT2D eigenvalue weighted by molar-refractivity contribution is 0.0663. The second-order valence-corrected chi connectivity index (χ2v) is 4.77. The normalized spacial score (nSPS) is 19.6. The summed E-state index contributed by atoms with van der Waals surface area (Å²) in [7, 11) is 0. The van der Waals surface area contributed by atoms with E-state index in [9.17, 15) is 9.59 Å². The number of carbonyl (C=O) groups excluding carboxylic acids is 1. The summed E-state index contributed by atoms with van der Waals surface area (Å²) in [6, 6.07) is 2.57. The van der Waals surface area contributed by atoms with Crippen LogP contribution in [0, 0.1) is 0 Å². The fourth-order valence-corrected chi connectivity index (χ4v) is 2.31. The fraction of sp³-hybridized carbons (Fsp3) is 0.500. The number of carboxylic acid groups (broad SMARTS) is 1. The molecule has 2 atom stereocenters. The van der Waals surface area contributed by atoms with Crippen LogP contribution in [0.1, 0.15) is 47.0 Å². The Labute approximate surface area is 117 Å². The van der Waals surface area contributed by atoms with E-state index < -0.39 is 5.97 Å². The number of aromatic carboxylic acids is 1. The molecular weight excluding hydrogens is 260 g/mol. The van der Waals surface area contributed by atoms with E-state index in [1.807, 2.05) is 6.92 Å². The molecule has 20 heavy (non-hydrogen) atoms. The van der Waals surface area contributed by atoms with Gasteiger partial charge < -0.3 is 15.2 Å². The summed E-state index contributed by atoms with van der Waals surface area (Å²) in [6.07, 6.45) is 4.05. The van der Waals surface area contributed by atoms with Crippen LogP contribution >= 0.6 is 0 Å². The molecule has 2 rings (SSSR count). The molecule has 1 amide bonds. The Bertz CT molecular complexity index is 498. The number of nitrogens with zero attached hydrogens (tertiary/aromatic N) is 1. The molecule has 0 bridgehead atoms. The SMILES string of the molecule is CCC(NC(=O)c1cc(C(=O)O)ccn1)C1CCCO1. The third kappa shape index (κ3) is 3.33. The highest BCUT2D eigenvalue weighted by molar-refractivity contribution is 5.95. The minimum Gasteiger partial charge on any atom is -0.478 e. The molecule has 108 valence electrons. The quantitative estimate of drug-likeness (QED) is 0.851. The zero-order chi connectivity index (χ0) is 14.5. The number of aromatic nitrogens is 1. The molecule has 0 aliphatic carbocycles. The molecule has 6 nitrogen and oxygen atoms in total. The van der Waals surface area contributed by atoms with E-state index in [-0.39, 0.29) is 29.3 Å². The van der Waals surface area contributed by atoms with E-state index in [0.717, 1.165) is 25.9 Å². The molecular formula is C14H18N2O4. The molecule has 0 radical (unpaired) electrons. The van der Waals surface area contributed by atoms with Gasteiger partial charge in [0.25, 0.3) is 5.91 Å². The van der Waals surface area contributed by atoms with E-state index in [1.54, 1.807) is 0 Å². The van der Waals surface area contributed by atoms with Crippen LogP contribution in [-0.2, 0) is 4.74 Å². The van der Waals surface area contributed by atoms with Crippen LogP contribution in [0.5, 0.6) is 0 Å². The highest BCUT2D eigenvalue weighted by atomic mass is 16.5. The number of ether oxygens (including phenoxy) is 1. The lowest BCUT2D eigenvalue weighted by Crippen LogP contribution is -2.43. The Morgan fingerprint density at radius 1 is 1.60 bits per heavy atom. The highest BCUT2D eigenvalue weighted by Crippen LogP contribution is 2.18. The Morgan fingerprint density at radius 2 is 2.40 bits per heavy atom. The van der Waals surface area contributed by atoms with Crippen LogP contribution < -0.4 is 5.32 Å². The molecule has 1 aromatic heterocycles. The van der Waals surface area contributed by atoms with Gasteiger partial charge in [-0.1, -0.05) is 6.92 Å². The molecule has 1 aliphatic rings. The van der Waals surface area contributed by atoms with E-state index in [0.29, 0.717) is 0 Å². The lowest BCUT2D eigenvalue weighted by atomic mass is 10.1. The van der Waals surface area contributed by atoms with Crippen molar-refractivity contribution in [3.05, 3.63) is 29.6 Å². The van der Waals surface area contributed by atoms with Gasteiger partial charge in [-0.05, 0) is 31.4 Å². The number of hydrogen-bond donors (Lipinski definition) is 2. The second-order valence-electron chi connectivity index (χ2n) is 4.77. The van der Waals surface area contributed by atoms with Crippen molar-refractivity contribution in [3.8, 4) is 0 Å². The molecule has 2 heterocycles. The predicted molar refractivity (Wildman–Crippen MR) is 71.7 cm³/mol. The van der Waals surface area contributed by atoms with Crippen molar-refractivity contribution in [2.75, 3.05) is 6.61 Å². The molecule has 1 aromatic rings. The zero-order valence-electron chi connectivity index (χ0n) is 11.3. The van der Waals surface area contributed by atoms with Gasteiger partial charge in [-0.25, -0.2) is 4.79 Å². The summed E-state index contributed by atoms with van der Waals surface area (Å²) in [5.74, 6) is -1.44. The zero-order valence-corrected chi connectivity index (χ0v) is 11.3. The van der Waals surface area contributed by atoms with Gasteiger partial charge in [0.2, 0.25) is 0 Å². The molecule has 1 fully saturated rings. The number of carboxylic acids is 1. The van der Waals surface area contributed by atoms with Crippen molar-refractivity contribution in [2.24, 2.45) is 0 Å². The summed E-state index contributed by atoms with van der Waals surface area (Å²) in [6.45, 7) is 2.71. The standard InChI is InChI=1S/C14H18N2O4/c1-2-10(12-4-3-7-20-12)16-13(17)11-8-9(14(18)19)5-6-15-11/h5-6,8,10,12H,2-4,7H2,1H3,(H,16,17)(H,18,19). The van der Waals surface area contributed by atoms with Crippen molar-refractivity contribution in [2.45, 2.75) is 38.3 Å². The fourth-order valence-electron chi connectivity index (χ4n) is 2.31. The van der Waals surface area contributed by atoms with Crippen LogP contribution in [0.2, 0.25) is 0 Å². The topological polar surface area (TPSA) is 88.5 Å². The number of pyridine rings is 1. The molecule has 1 aliphatic heterocycles. The third-order valence-corrected chi connectivity index (χ3v) is 3.41. The van der Waals surface area contributed by atoms with Gasteiger partial charge in [0.1, 0.15) is 5.69 Å². The number of nitrogens with one attached hydrogen (secondary N) is 1. The minimum absolute atomic E-state index is 0.0339. The Morgan fingerprint density at radius 3 is 3.00 bits per heavy atom. The van der Waals surface area contributed by atoms with Crippen LogP contribution in [0.4, 0.5) is 0 Å². The van der Waals surface area contributed by atoms with Crippen LogP contribution in [-0.4, -0.2) is 40.7 Å². The van der Waals surface area contributed by atoms with Crippen LogP contribution in [0.25, 0.3) is 0 Å². The predicted octanol–water partition coefficient (Wildman–Crippen LogP) is 1.47. The van der Waals surface area contributed by atoms with Crippen molar-refractivity contribution in [3.63, 3.8) is 0 Å². The molecule has 1 saturated heterocycles. The van der Waals surface area contributed by atoms with Gasteiger partial charge in [0.15, 0.2) is 0 Å². The summed E-state index contributed by atoms with van der Waals surface area (Å²) < 4.78 is 5.58. The van der Waals surface area contributed by atoms with Gasteiger partial charge in [0, 0.05) is 12.8 Å². The maximum absolute atomic E-state index is 12.1. The number of rotatable bonds is 5. The summed E-state index contributed by atoms with van der Waals surface area (Å²) >= 11 is 0. The summed E-state index contributed by atoms with van der Waals surface area (Å²) in [5.41, 5.74) is 0.164. The minimum atomic E-state index is -1.08. The number of hydrogen-bond acceptors (Lipinski definition) is 4. The molecule has 2 unspecified atom stereocenters. The van der Waals surface area contributed by atoms with Gasteiger partial charge >= 0.3 is 5.97 Å². The van der Waals surface area contributed by atoms with Crippen molar-refractivity contribution >= 4 is 11.9 Å². The largest absolute Gasteiger partial charge is 0.478 e. The van der Waals surface area contributed by atoms with Crippen molar-refractivity contribution in [1.82, 2.24) is 10.3 Å². The smallest absolute Gasteiger partial charge is 0.335 e. The molecule has 6 heteroatoms. The van der Waals surface area contributed by atoms with Gasteiger partial charge in [-0.2, -0.15) is 0 Å². The molecule has 0 saturated carbocycles. The van der Waals surface area contributed by atoms with E-state index in [2.05, 4.69) is 10.3 Å². The first-order chi connectivity index (χ1) is 9.61. The third-order valence-electron chi connectivity index (χ3n) is 3.41.